The van der Waals surface area contributed by atoms with Crippen molar-refractivity contribution in [3.63, 3.8) is 0 Å². The summed E-state index contributed by atoms with van der Waals surface area (Å²) in [5.41, 5.74) is 0.259. The molecule has 0 unspecified atom stereocenters. The Labute approximate surface area is 204 Å². The lowest BCUT2D eigenvalue weighted by Crippen LogP contribution is -2.55. The molecule has 3 aliphatic rings. The molecule has 0 bridgehead atoms. The number of aliphatic hydroxyl groups is 1. The van der Waals surface area contributed by atoms with Crippen LogP contribution in [0.5, 0.6) is 0 Å². The molecule has 34 heavy (non-hydrogen) atoms. The Morgan fingerprint density at radius 1 is 1.41 bits per heavy atom. The zero-order valence-corrected chi connectivity index (χ0v) is 21.5. The zero-order valence-electron chi connectivity index (χ0n) is 20.7. The standard InChI is InChI=1S/C23H33N5O5S/c1-12(2)8-18(30)26-17-10-16(29)23(4)20(31)19(13(3)27(17)23)34-22-24-11-14(25-22)9-15(21(32)33)28(5,6)7/h8,10,13,15,19-20,31H,9,11H2,1-7H3,(H-,26,29,30,32,33)/t13-,15-,19-,20+,23+/m0/s1. The molecule has 10 nitrogen and oxygen atoms in total. The number of carboxylic acid groups (broad SMARTS) is 1. The van der Waals surface area contributed by atoms with Crippen LogP contribution in [0, 0.1) is 0 Å². The van der Waals surface area contributed by atoms with Crippen molar-refractivity contribution in [2.75, 3.05) is 27.7 Å². The molecule has 1 saturated heterocycles. The number of rotatable bonds is 7. The summed E-state index contributed by atoms with van der Waals surface area (Å²) in [6.45, 7) is 7.45. The molecular weight excluding hydrogens is 458 g/mol. The van der Waals surface area contributed by atoms with Crippen molar-refractivity contribution in [1.82, 2.24) is 10.2 Å². The molecular formula is C23H33N5O5S. The van der Waals surface area contributed by atoms with E-state index >= 15 is 0 Å². The van der Waals surface area contributed by atoms with Crippen LogP contribution in [0.2, 0.25) is 0 Å². The normalized spacial score (nSPS) is 29.3. The highest BCUT2D eigenvalue weighted by Crippen LogP contribution is 2.46. The molecule has 0 aromatic heterocycles. The molecule has 2 N–H and O–H groups in total. The van der Waals surface area contributed by atoms with Gasteiger partial charge < -0.3 is 29.7 Å². The van der Waals surface area contributed by atoms with Gasteiger partial charge in [0, 0.05) is 30.3 Å². The minimum Gasteiger partial charge on any atom is -0.544 e. The van der Waals surface area contributed by atoms with E-state index < -0.39 is 28.9 Å². The van der Waals surface area contributed by atoms with Crippen LogP contribution in [0.25, 0.3) is 0 Å². The molecule has 3 heterocycles. The number of fused-ring (bicyclic) bond motifs is 1. The number of amidine groups is 1. The molecule has 0 spiro atoms. The zero-order chi connectivity index (χ0) is 25.6. The third-order valence-electron chi connectivity index (χ3n) is 6.50. The molecule has 0 aromatic carbocycles. The van der Waals surface area contributed by atoms with Gasteiger partial charge in [0.25, 0.3) is 0 Å². The quantitative estimate of drug-likeness (QED) is 0.360. The van der Waals surface area contributed by atoms with Crippen molar-refractivity contribution in [3.05, 3.63) is 23.5 Å². The van der Waals surface area contributed by atoms with Crippen LogP contribution >= 0.6 is 11.8 Å². The average Bonchev–Trinajstić information content (AvgIpc) is 3.29. The number of ketones is 1. The highest BCUT2D eigenvalue weighted by molar-refractivity contribution is 8.14. The first-order chi connectivity index (χ1) is 15.7. The maximum absolute atomic E-state index is 12.9. The SMILES string of the molecule is CC(C)=CC(=O)NC1=CC(=O)[C@]2(C)[C@H](O)[C@@H](SC3=NCC(C[C@@H](C(=O)[O-])[N+](C)(C)C)=N3)[C@H](C)N12. The minimum atomic E-state index is -1.21. The molecule has 3 aliphatic heterocycles. The number of quaternary nitrogens is 1. The van der Waals surface area contributed by atoms with Crippen molar-refractivity contribution in [1.29, 1.82) is 0 Å². The van der Waals surface area contributed by atoms with Crippen LogP contribution < -0.4 is 10.4 Å². The number of aliphatic carboxylic acids is 1. The molecule has 0 aromatic rings. The number of amides is 1. The van der Waals surface area contributed by atoms with Crippen molar-refractivity contribution < 1.29 is 29.1 Å². The summed E-state index contributed by atoms with van der Waals surface area (Å²) in [6.07, 6.45) is 2.00. The van der Waals surface area contributed by atoms with Gasteiger partial charge in [-0.25, -0.2) is 4.99 Å². The number of nitrogens with one attached hydrogen (secondary N) is 1. The number of carboxylic acids is 1. The monoisotopic (exact) mass is 491 g/mol. The number of hydrogen-bond donors (Lipinski definition) is 2. The third-order valence-corrected chi connectivity index (χ3v) is 7.85. The lowest BCUT2D eigenvalue weighted by Gasteiger charge is -2.34. The summed E-state index contributed by atoms with van der Waals surface area (Å²) >= 11 is 1.27. The van der Waals surface area contributed by atoms with Gasteiger partial charge in [0.15, 0.2) is 11.0 Å². The summed E-state index contributed by atoms with van der Waals surface area (Å²) in [6, 6.07) is -1.06. The molecule has 0 radical (unpaired) electrons. The van der Waals surface area contributed by atoms with Crippen molar-refractivity contribution in [3.8, 4) is 0 Å². The number of aliphatic hydroxyl groups excluding tert-OH is 1. The smallest absolute Gasteiger partial charge is 0.249 e. The van der Waals surface area contributed by atoms with Gasteiger partial charge in [-0.3, -0.25) is 14.6 Å². The number of carbonyl (C=O) groups is 3. The van der Waals surface area contributed by atoms with Gasteiger partial charge in [-0.05, 0) is 27.7 Å². The Morgan fingerprint density at radius 2 is 2.06 bits per heavy atom. The Kier molecular flexibility index (Phi) is 7.12. The van der Waals surface area contributed by atoms with E-state index in [0.29, 0.717) is 16.7 Å². The number of allylic oxidation sites excluding steroid dienone is 1. The Morgan fingerprint density at radius 3 is 2.62 bits per heavy atom. The molecule has 11 heteroatoms. The first-order valence-electron chi connectivity index (χ1n) is 11.1. The van der Waals surface area contributed by atoms with E-state index in [0.717, 1.165) is 5.57 Å². The van der Waals surface area contributed by atoms with Gasteiger partial charge in [-0.15, -0.1) is 0 Å². The lowest BCUT2D eigenvalue weighted by molar-refractivity contribution is -0.888. The van der Waals surface area contributed by atoms with Crippen LogP contribution in [0.15, 0.2) is 33.5 Å². The summed E-state index contributed by atoms with van der Waals surface area (Å²) in [7, 11) is 5.36. The van der Waals surface area contributed by atoms with Crippen LogP contribution in [0.1, 0.15) is 34.1 Å². The first-order valence-corrected chi connectivity index (χ1v) is 12.0. The van der Waals surface area contributed by atoms with Crippen LogP contribution in [0.4, 0.5) is 0 Å². The summed E-state index contributed by atoms with van der Waals surface area (Å²) in [5.74, 6) is -1.39. The van der Waals surface area contributed by atoms with Crippen LogP contribution in [-0.4, -0.2) is 99.7 Å². The molecule has 5 atom stereocenters. The molecule has 1 amide bonds. The second-order valence-electron chi connectivity index (χ2n) is 10.3. The van der Waals surface area contributed by atoms with E-state index in [4.69, 9.17) is 0 Å². The molecule has 186 valence electrons. The summed E-state index contributed by atoms with van der Waals surface area (Å²) in [5, 5.41) is 25.5. The van der Waals surface area contributed by atoms with Crippen molar-refractivity contribution in [2.45, 2.75) is 63.1 Å². The van der Waals surface area contributed by atoms with E-state index in [2.05, 4.69) is 15.3 Å². The van der Waals surface area contributed by atoms with E-state index in [1.807, 2.05) is 6.92 Å². The van der Waals surface area contributed by atoms with Crippen molar-refractivity contribution in [2.24, 2.45) is 9.98 Å². The Balaban J connectivity index is 1.76. The predicted molar refractivity (Wildman–Crippen MR) is 129 cm³/mol. The van der Waals surface area contributed by atoms with E-state index in [1.54, 1.807) is 46.8 Å². The van der Waals surface area contributed by atoms with Crippen LogP contribution in [0.3, 0.4) is 0 Å². The number of carbonyl (C=O) groups excluding carboxylic acids is 3. The molecule has 1 fully saturated rings. The van der Waals surface area contributed by atoms with Gasteiger partial charge in [-0.2, -0.15) is 0 Å². The number of nitrogens with zero attached hydrogens (tertiary/aromatic N) is 4. The molecule has 0 aliphatic carbocycles. The number of hydrogen-bond acceptors (Lipinski definition) is 9. The fraction of sp³-hybridized carbons (Fsp3) is 0.609. The minimum absolute atomic E-state index is 0.200. The fourth-order valence-electron chi connectivity index (χ4n) is 4.61. The first kappa shape index (κ1) is 26.1. The maximum Gasteiger partial charge on any atom is 0.249 e. The Bertz CT molecular complexity index is 1020. The number of aliphatic imine (C=N–C) groups is 2. The largest absolute Gasteiger partial charge is 0.544 e. The lowest BCUT2D eigenvalue weighted by atomic mass is 9.92. The number of likely N-dealkylation sites (N-methyl/N-ethyl adjacent to an activating group) is 1. The van der Waals surface area contributed by atoms with E-state index in [1.165, 1.54) is 23.9 Å². The molecule has 3 rings (SSSR count). The average molecular weight is 492 g/mol. The van der Waals surface area contributed by atoms with E-state index in [-0.39, 0.29) is 35.2 Å². The van der Waals surface area contributed by atoms with Gasteiger partial charge in [0.2, 0.25) is 5.91 Å². The topological polar surface area (TPSA) is 134 Å². The van der Waals surface area contributed by atoms with Gasteiger partial charge in [-0.1, -0.05) is 17.3 Å². The fourth-order valence-corrected chi connectivity index (χ4v) is 5.89. The summed E-state index contributed by atoms with van der Waals surface area (Å²) < 4.78 is 0.200. The Hall–Kier alpha value is -2.50. The van der Waals surface area contributed by atoms with Gasteiger partial charge in [0.1, 0.15) is 17.4 Å². The third kappa shape index (κ3) is 4.82. The van der Waals surface area contributed by atoms with E-state index in [9.17, 15) is 24.6 Å². The van der Waals surface area contributed by atoms with Crippen LogP contribution in [-0.2, 0) is 14.4 Å². The molecule has 0 saturated carbocycles. The second kappa shape index (κ2) is 9.27. The summed E-state index contributed by atoms with van der Waals surface area (Å²) in [4.78, 5) is 47.5. The van der Waals surface area contributed by atoms with Gasteiger partial charge >= 0.3 is 0 Å². The van der Waals surface area contributed by atoms with Gasteiger partial charge in [0.05, 0.1) is 45.0 Å². The second-order valence-corrected chi connectivity index (χ2v) is 11.5. The number of thioether (sulfide) groups is 1. The van der Waals surface area contributed by atoms with Crippen molar-refractivity contribution >= 4 is 40.3 Å². The highest BCUT2D eigenvalue weighted by atomic mass is 32.2. The maximum atomic E-state index is 12.9. The highest BCUT2D eigenvalue weighted by Gasteiger charge is 2.62. The predicted octanol–water partition coefficient (Wildman–Crippen LogP) is -0.556.